The van der Waals surface area contributed by atoms with Gasteiger partial charge < -0.3 is 10.3 Å². The molecule has 1 amide bonds. The maximum absolute atomic E-state index is 11.9. The molecule has 0 aliphatic rings. The van der Waals surface area contributed by atoms with Gasteiger partial charge in [-0.2, -0.15) is 5.26 Å². The molecule has 2 rings (SSSR count). The molecule has 7 nitrogen and oxygen atoms in total. The lowest BCUT2D eigenvalue weighted by Crippen LogP contribution is -2.13. The molecular formula is C14H10N4O3. The van der Waals surface area contributed by atoms with Crippen LogP contribution in [0.4, 0.5) is 11.4 Å². The van der Waals surface area contributed by atoms with Gasteiger partial charge >= 0.3 is 0 Å². The second kappa shape index (κ2) is 6.16. The zero-order valence-electron chi connectivity index (χ0n) is 10.7. The van der Waals surface area contributed by atoms with Crippen LogP contribution in [0.3, 0.4) is 0 Å². The first kappa shape index (κ1) is 14.0. The molecule has 0 saturated heterocycles. The average Bonchev–Trinajstić information content (AvgIpc) is 2.98. The fourth-order valence-electron chi connectivity index (χ4n) is 1.60. The van der Waals surface area contributed by atoms with Gasteiger partial charge in [-0.3, -0.25) is 14.9 Å². The van der Waals surface area contributed by atoms with Crippen molar-refractivity contribution in [2.45, 2.75) is 0 Å². The minimum absolute atomic E-state index is 0.0733. The van der Waals surface area contributed by atoms with Crippen molar-refractivity contribution < 1.29 is 9.72 Å². The summed E-state index contributed by atoms with van der Waals surface area (Å²) in [6.45, 7) is 0. The Morgan fingerprint density at radius 3 is 2.57 bits per heavy atom. The van der Waals surface area contributed by atoms with Crippen molar-refractivity contribution in [3.8, 4) is 6.07 Å². The Kier molecular flexibility index (Phi) is 4.11. The Hall–Kier alpha value is -3.40. The normalized spacial score (nSPS) is 10.7. The number of nitro groups is 1. The van der Waals surface area contributed by atoms with Crippen molar-refractivity contribution in [2.24, 2.45) is 0 Å². The highest BCUT2D eigenvalue weighted by Gasteiger charge is 2.11. The highest BCUT2D eigenvalue weighted by Crippen LogP contribution is 2.16. The van der Waals surface area contributed by atoms with Crippen molar-refractivity contribution in [2.75, 3.05) is 5.32 Å². The van der Waals surface area contributed by atoms with Crippen LogP contribution in [0.15, 0.2) is 48.2 Å². The van der Waals surface area contributed by atoms with E-state index in [4.69, 9.17) is 5.26 Å². The number of nitro benzene ring substituents is 1. The predicted octanol–water partition coefficient (Wildman–Crippen LogP) is 2.47. The van der Waals surface area contributed by atoms with Crippen molar-refractivity contribution >= 4 is 23.4 Å². The standard InChI is InChI=1S/C14H10N4O3/c15-9-10(8-12-2-1-7-16-12)14(19)17-11-3-5-13(6-4-11)18(20)21/h1-8,16H,(H,17,19)/b10-8-. The number of nitrogens with one attached hydrogen (secondary N) is 2. The number of rotatable bonds is 4. The summed E-state index contributed by atoms with van der Waals surface area (Å²) in [6, 6.07) is 10.6. The molecule has 0 saturated carbocycles. The third kappa shape index (κ3) is 3.54. The maximum Gasteiger partial charge on any atom is 0.269 e. The number of non-ortho nitro benzene ring substituents is 1. The van der Waals surface area contributed by atoms with E-state index in [1.54, 1.807) is 18.3 Å². The molecule has 0 unspecified atom stereocenters. The molecule has 1 heterocycles. The Balaban J connectivity index is 2.13. The third-order valence-electron chi connectivity index (χ3n) is 2.62. The van der Waals surface area contributed by atoms with Crippen LogP contribution in [0, 0.1) is 21.4 Å². The fourth-order valence-corrected chi connectivity index (χ4v) is 1.60. The van der Waals surface area contributed by atoms with Crippen LogP contribution in [0.2, 0.25) is 0 Å². The van der Waals surface area contributed by atoms with E-state index in [1.807, 2.05) is 6.07 Å². The Labute approximate surface area is 119 Å². The number of aromatic amines is 1. The maximum atomic E-state index is 11.9. The van der Waals surface area contributed by atoms with E-state index in [9.17, 15) is 14.9 Å². The molecule has 1 aromatic carbocycles. The summed E-state index contributed by atoms with van der Waals surface area (Å²) in [5.41, 5.74) is 0.856. The molecule has 2 N–H and O–H groups in total. The van der Waals surface area contributed by atoms with Crippen LogP contribution in [0.25, 0.3) is 6.08 Å². The molecule has 2 aromatic rings. The van der Waals surface area contributed by atoms with Crippen LogP contribution in [0.5, 0.6) is 0 Å². The zero-order chi connectivity index (χ0) is 15.2. The van der Waals surface area contributed by atoms with Gasteiger partial charge in [-0.25, -0.2) is 0 Å². The number of hydrogen-bond donors (Lipinski definition) is 2. The minimum Gasteiger partial charge on any atom is -0.362 e. The largest absolute Gasteiger partial charge is 0.362 e. The molecule has 7 heteroatoms. The molecule has 0 radical (unpaired) electrons. The van der Waals surface area contributed by atoms with E-state index >= 15 is 0 Å². The minimum atomic E-state index is -0.582. The number of aromatic nitrogens is 1. The van der Waals surface area contributed by atoms with Crippen LogP contribution in [-0.4, -0.2) is 15.8 Å². The molecule has 0 bridgehead atoms. The van der Waals surface area contributed by atoms with Gasteiger partial charge in [-0.05, 0) is 30.3 Å². The Morgan fingerprint density at radius 2 is 2.05 bits per heavy atom. The Morgan fingerprint density at radius 1 is 1.33 bits per heavy atom. The van der Waals surface area contributed by atoms with E-state index < -0.39 is 10.8 Å². The lowest BCUT2D eigenvalue weighted by atomic mass is 10.2. The Bertz CT molecular complexity index is 725. The van der Waals surface area contributed by atoms with Gasteiger partial charge in [0.2, 0.25) is 0 Å². The highest BCUT2D eigenvalue weighted by atomic mass is 16.6. The summed E-state index contributed by atoms with van der Waals surface area (Å²) in [6.07, 6.45) is 3.09. The number of nitrogens with zero attached hydrogens (tertiary/aromatic N) is 2. The second-order valence-electron chi connectivity index (χ2n) is 4.05. The van der Waals surface area contributed by atoms with Gasteiger partial charge in [-0.1, -0.05) is 0 Å². The monoisotopic (exact) mass is 282 g/mol. The summed E-state index contributed by atoms with van der Waals surface area (Å²) >= 11 is 0. The lowest BCUT2D eigenvalue weighted by Gasteiger charge is -2.03. The first-order valence-electron chi connectivity index (χ1n) is 5.91. The summed E-state index contributed by atoms with van der Waals surface area (Å²) in [4.78, 5) is 24.8. The quantitative estimate of drug-likeness (QED) is 0.388. The first-order valence-corrected chi connectivity index (χ1v) is 5.91. The molecule has 0 fully saturated rings. The number of benzene rings is 1. The van der Waals surface area contributed by atoms with Crippen LogP contribution in [-0.2, 0) is 4.79 Å². The summed E-state index contributed by atoms with van der Waals surface area (Å²) in [5.74, 6) is -0.582. The number of hydrogen-bond acceptors (Lipinski definition) is 4. The van der Waals surface area contributed by atoms with E-state index in [2.05, 4.69) is 10.3 Å². The van der Waals surface area contributed by atoms with Gasteiger partial charge in [0.05, 0.1) is 4.92 Å². The van der Waals surface area contributed by atoms with Crippen LogP contribution >= 0.6 is 0 Å². The molecule has 0 aliphatic heterocycles. The predicted molar refractivity (Wildman–Crippen MR) is 76.1 cm³/mol. The van der Waals surface area contributed by atoms with E-state index in [1.165, 1.54) is 30.3 Å². The fraction of sp³-hybridized carbons (Fsp3) is 0. The van der Waals surface area contributed by atoms with Crippen molar-refractivity contribution in [1.82, 2.24) is 4.98 Å². The molecule has 0 atom stereocenters. The van der Waals surface area contributed by atoms with Crippen molar-refractivity contribution in [3.05, 3.63) is 64.0 Å². The van der Waals surface area contributed by atoms with Crippen molar-refractivity contribution in [3.63, 3.8) is 0 Å². The number of amides is 1. The molecule has 1 aromatic heterocycles. The molecule has 0 aliphatic carbocycles. The number of anilines is 1. The lowest BCUT2D eigenvalue weighted by molar-refractivity contribution is -0.384. The number of carbonyl (C=O) groups is 1. The van der Waals surface area contributed by atoms with Gasteiger partial charge in [0, 0.05) is 29.7 Å². The van der Waals surface area contributed by atoms with E-state index in [-0.39, 0.29) is 11.3 Å². The zero-order valence-corrected chi connectivity index (χ0v) is 10.7. The smallest absolute Gasteiger partial charge is 0.269 e. The third-order valence-corrected chi connectivity index (χ3v) is 2.62. The highest BCUT2D eigenvalue weighted by molar-refractivity contribution is 6.09. The first-order chi connectivity index (χ1) is 10.1. The van der Waals surface area contributed by atoms with Gasteiger partial charge in [0.15, 0.2) is 0 Å². The van der Waals surface area contributed by atoms with Gasteiger partial charge in [0.25, 0.3) is 11.6 Å². The van der Waals surface area contributed by atoms with Crippen molar-refractivity contribution in [1.29, 1.82) is 5.26 Å². The second-order valence-corrected chi connectivity index (χ2v) is 4.05. The number of carbonyl (C=O) groups excluding carboxylic acids is 1. The van der Waals surface area contributed by atoms with E-state index in [0.29, 0.717) is 11.4 Å². The van der Waals surface area contributed by atoms with Crippen LogP contribution < -0.4 is 5.32 Å². The van der Waals surface area contributed by atoms with Gasteiger partial charge in [0.1, 0.15) is 11.6 Å². The van der Waals surface area contributed by atoms with Crippen LogP contribution in [0.1, 0.15) is 5.69 Å². The molecule has 104 valence electrons. The summed E-state index contributed by atoms with van der Waals surface area (Å²) in [5, 5.41) is 22.0. The SMILES string of the molecule is N#C/C(=C/c1ccc[nH]1)C(=O)Nc1ccc([N+](=O)[O-])cc1. The number of nitriles is 1. The average molecular weight is 282 g/mol. The molecule has 0 spiro atoms. The molecular weight excluding hydrogens is 272 g/mol. The summed E-state index contributed by atoms with van der Waals surface area (Å²) in [7, 11) is 0. The van der Waals surface area contributed by atoms with E-state index in [0.717, 1.165) is 0 Å². The summed E-state index contributed by atoms with van der Waals surface area (Å²) < 4.78 is 0. The topological polar surface area (TPSA) is 112 Å². The number of H-pyrrole nitrogens is 1. The van der Waals surface area contributed by atoms with Gasteiger partial charge in [-0.15, -0.1) is 0 Å². The molecule has 21 heavy (non-hydrogen) atoms.